The summed E-state index contributed by atoms with van der Waals surface area (Å²) in [7, 11) is 3.90. The highest BCUT2D eigenvalue weighted by Crippen LogP contribution is 2.22. The van der Waals surface area contributed by atoms with Crippen LogP contribution in [0.4, 0.5) is 0 Å². The molecule has 1 aliphatic heterocycles. The average Bonchev–Trinajstić information content (AvgIpc) is 3.60. The molecular weight excluding hydrogens is 731 g/mol. The Kier molecular flexibility index (Phi) is 35.1. The third-order valence-electron chi connectivity index (χ3n) is 11.5. The maximum Gasteiger partial charge on any atom is 0.323 e. The molecule has 0 bridgehead atoms. The lowest BCUT2D eigenvalue weighted by Gasteiger charge is -2.22. The third kappa shape index (κ3) is 30.8. The number of esters is 3. The van der Waals surface area contributed by atoms with E-state index in [9.17, 15) is 19.2 Å². The van der Waals surface area contributed by atoms with Gasteiger partial charge in [-0.05, 0) is 78.4 Å². The minimum Gasteiger partial charge on any atom is -0.466 e. The first kappa shape index (κ1) is 53.8. The summed E-state index contributed by atoms with van der Waals surface area (Å²) in [4.78, 5) is 54.9. The number of amides is 1. The van der Waals surface area contributed by atoms with Crippen molar-refractivity contribution in [2.24, 2.45) is 0 Å². The van der Waals surface area contributed by atoms with Crippen molar-refractivity contribution in [3.05, 3.63) is 0 Å². The summed E-state index contributed by atoms with van der Waals surface area (Å²) in [6, 6.07) is -0.471. The molecule has 1 fully saturated rings. The van der Waals surface area contributed by atoms with Crippen molar-refractivity contribution in [1.29, 1.82) is 0 Å². The highest BCUT2D eigenvalue weighted by Gasteiger charge is 2.38. The summed E-state index contributed by atoms with van der Waals surface area (Å²) in [6.07, 6.45) is 31.8. The molecule has 10 heteroatoms. The number of hydrogen-bond acceptors (Lipinski definition) is 9. The van der Waals surface area contributed by atoms with Gasteiger partial charge in [0.05, 0.1) is 13.2 Å². The molecule has 0 aliphatic carbocycles. The Morgan fingerprint density at radius 1 is 0.586 bits per heavy atom. The fraction of sp³-hybridized carbons (Fsp3) is 0.917. The van der Waals surface area contributed by atoms with Crippen molar-refractivity contribution in [3.63, 3.8) is 0 Å². The van der Waals surface area contributed by atoms with Crippen molar-refractivity contribution in [3.8, 4) is 0 Å². The molecule has 340 valence electrons. The summed E-state index contributed by atoms with van der Waals surface area (Å²) in [5.41, 5.74) is 0. The van der Waals surface area contributed by atoms with Gasteiger partial charge in [-0.3, -0.25) is 24.1 Å². The maximum atomic E-state index is 13.3. The first-order valence-corrected chi connectivity index (χ1v) is 24.4. The molecule has 10 nitrogen and oxygen atoms in total. The zero-order valence-electron chi connectivity index (χ0n) is 38.4. The Balaban J connectivity index is 2.35. The van der Waals surface area contributed by atoms with Crippen LogP contribution in [0.1, 0.15) is 220 Å². The zero-order chi connectivity index (χ0) is 42.5. The Hall–Kier alpha value is -2.20. The number of nitrogens with zero attached hydrogens (tertiary/aromatic N) is 2. The van der Waals surface area contributed by atoms with Gasteiger partial charge in [0.2, 0.25) is 5.91 Å². The van der Waals surface area contributed by atoms with Crippen LogP contribution in [0.2, 0.25) is 0 Å². The Morgan fingerprint density at radius 3 is 1.69 bits per heavy atom. The second-order valence-corrected chi connectivity index (χ2v) is 17.4. The van der Waals surface area contributed by atoms with Gasteiger partial charge in [0.15, 0.2) is 0 Å². The summed E-state index contributed by atoms with van der Waals surface area (Å²) >= 11 is 0. The molecular formula is C48H91N3O7. The van der Waals surface area contributed by atoms with Crippen LogP contribution in [0, 0.1) is 0 Å². The molecule has 1 aliphatic rings. The highest BCUT2D eigenvalue weighted by atomic mass is 16.5. The minimum absolute atomic E-state index is 0.00586. The lowest BCUT2D eigenvalue weighted by atomic mass is 10.0. The van der Waals surface area contributed by atoms with Gasteiger partial charge in [-0.2, -0.15) is 0 Å². The standard InChI is InChI=1S/C48H91N3O7/c1-6-9-12-14-16-17-18-22-29-38-56-46(53)33-27-24-28-36-51-41-42(49-45(52)35-37-50(4)5)40-44(51)48(55)57-39-30-23-19-21-26-34-47(54)58-43(31-11-8-3)32-25-20-15-13-10-7-2/h42-44H,6-41H2,1-5H3,(H,49,52)/t42?,43?,44-/m0/s1. The summed E-state index contributed by atoms with van der Waals surface area (Å²) in [5.74, 6) is -0.385. The topological polar surface area (TPSA) is 114 Å². The molecule has 0 aromatic rings. The first-order chi connectivity index (χ1) is 28.2. The number of likely N-dealkylation sites (tertiary alicyclic amines) is 1. The second kappa shape index (κ2) is 37.8. The number of hydrogen-bond donors (Lipinski definition) is 1. The van der Waals surface area contributed by atoms with Crippen molar-refractivity contribution in [1.82, 2.24) is 15.1 Å². The predicted octanol–water partition coefficient (Wildman–Crippen LogP) is 10.9. The number of nitrogens with one attached hydrogen (secondary N) is 1. The van der Waals surface area contributed by atoms with Gasteiger partial charge < -0.3 is 24.4 Å². The van der Waals surface area contributed by atoms with E-state index in [1.54, 1.807) is 0 Å². The number of unbranched alkanes of at least 4 members (excludes halogenated alkanes) is 20. The fourth-order valence-corrected chi connectivity index (χ4v) is 7.82. The molecule has 1 rings (SSSR count). The summed E-state index contributed by atoms with van der Waals surface area (Å²) < 4.78 is 17.1. The number of carbonyl (C=O) groups excluding carboxylic acids is 4. The molecule has 0 aromatic carbocycles. The summed E-state index contributed by atoms with van der Waals surface area (Å²) in [6.45, 7) is 9.58. The molecule has 58 heavy (non-hydrogen) atoms. The molecule has 3 atom stereocenters. The van der Waals surface area contributed by atoms with Gasteiger partial charge in [0.1, 0.15) is 12.1 Å². The molecule has 1 saturated heterocycles. The van der Waals surface area contributed by atoms with Crippen LogP contribution >= 0.6 is 0 Å². The predicted molar refractivity (Wildman–Crippen MR) is 238 cm³/mol. The molecule has 0 aromatic heterocycles. The van der Waals surface area contributed by atoms with Gasteiger partial charge in [0, 0.05) is 38.4 Å². The van der Waals surface area contributed by atoms with Crippen molar-refractivity contribution in [2.45, 2.75) is 238 Å². The smallest absolute Gasteiger partial charge is 0.323 e. The molecule has 0 spiro atoms. The van der Waals surface area contributed by atoms with E-state index in [4.69, 9.17) is 14.2 Å². The monoisotopic (exact) mass is 822 g/mol. The van der Waals surface area contributed by atoms with Crippen LogP contribution in [0.25, 0.3) is 0 Å². The van der Waals surface area contributed by atoms with E-state index in [2.05, 4.69) is 31.0 Å². The van der Waals surface area contributed by atoms with Crippen LogP contribution in [-0.2, 0) is 33.4 Å². The first-order valence-electron chi connectivity index (χ1n) is 24.4. The van der Waals surface area contributed by atoms with Gasteiger partial charge in [-0.1, -0.05) is 143 Å². The third-order valence-corrected chi connectivity index (χ3v) is 11.5. The van der Waals surface area contributed by atoms with Crippen LogP contribution in [0.5, 0.6) is 0 Å². The van der Waals surface area contributed by atoms with E-state index >= 15 is 0 Å². The van der Waals surface area contributed by atoms with Gasteiger partial charge >= 0.3 is 17.9 Å². The minimum atomic E-state index is -0.381. The van der Waals surface area contributed by atoms with Crippen molar-refractivity contribution >= 4 is 23.8 Å². The van der Waals surface area contributed by atoms with E-state index in [-0.39, 0.29) is 42.0 Å². The molecule has 0 saturated carbocycles. The summed E-state index contributed by atoms with van der Waals surface area (Å²) in [5, 5.41) is 3.14. The normalized spacial score (nSPS) is 16.1. The van der Waals surface area contributed by atoms with Gasteiger partial charge in [-0.15, -0.1) is 0 Å². The maximum absolute atomic E-state index is 13.3. The highest BCUT2D eigenvalue weighted by molar-refractivity contribution is 5.78. The average molecular weight is 822 g/mol. The van der Waals surface area contributed by atoms with Crippen molar-refractivity contribution in [2.75, 3.05) is 46.9 Å². The zero-order valence-corrected chi connectivity index (χ0v) is 38.4. The number of carbonyl (C=O) groups is 4. The van der Waals surface area contributed by atoms with Crippen LogP contribution in [0.3, 0.4) is 0 Å². The van der Waals surface area contributed by atoms with E-state index < -0.39 is 0 Å². The Bertz CT molecular complexity index is 1030. The van der Waals surface area contributed by atoms with Crippen LogP contribution < -0.4 is 5.32 Å². The Labute approximate surface area is 356 Å². The molecule has 1 amide bonds. The Morgan fingerprint density at radius 2 is 1.09 bits per heavy atom. The van der Waals surface area contributed by atoms with Crippen LogP contribution in [-0.4, -0.2) is 98.7 Å². The molecule has 0 radical (unpaired) electrons. The number of rotatable bonds is 40. The molecule has 2 unspecified atom stereocenters. The lowest BCUT2D eigenvalue weighted by Crippen LogP contribution is -2.39. The largest absolute Gasteiger partial charge is 0.466 e. The fourth-order valence-electron chi connectivity index (χ4n) is 7.82. The van der Waals surface area contributed by atoms with E-state index in [1.807, 2.05) is 19.0 Å². The lowest BCUT2D eigenvalue weighted by molar-refractivity contribution is -0.150. The van der Waals surface area contributed by atoms with Crippen molar-refractivity contribution < 1.29 is 33.4 Å². The van der Waals surface area contributed by atoms with E-state index in [0.29, 0.717) is 52.0 Å². The quantitative estimate of drug-likeness (QED) is 0.0366. The number of ether oxygens (including phenoxy) is 3. The van der Waals surface area contributed by atoms with Gasteiger partial charge in [0.25, 0.3) is 0 Å². The second-order valence-electron chi connectivity index (χ2n) is 17.4. The molecule has 1 heterocycles. The van der Waals surface area contributed by atoms with Gasteiger partial charge in [-0.25, -0.2) is 0 Å². The van der Waals surface area contributed by atoms with E-state index in [1.165, 1.54) is 77.0 Å². The van der Waals surface area contributed by atoms with Crippen LogP contribution in [0.15, 0.2) is 0 Å². The molecule has 1 N–H and O–H groups in total. The SMILES string of the molecule is CCCCCCCCCCCOC(=O)CCCCCN1CC(NC(=O)CCN(C)C)C[C@H]1C(=O)OCCCCCCCC(=O)OC(CCCC)CCCCCCCC. The van der Waals surface area contributed by atoms with E-state index in [0.717, 1.165) is 103 Å².